The van der Waals surface area contributed by atoms with Crippen LogP contribution in [0, 0.1) is 0 Å². The summed E-state index contributed by atoms with van der Waals surface area (Å²) in [6.07, 6.45) is -3.32. The van der Waals surface area contributed by atoms with Gasteiger partial charge in [0.15, 0.2) is 11.8 Å². The van der Waals surface area contributed by atoms with Crippen LogP contribution in [0.2, 0.25) is 0 Å². The summed E-state index contributed by atoms with van der Waals surface area (Å²) in [7, 11) is 0. The summed E-state index contributed by atoms with van der Waals surface area (Å²) in [6, 6.07) is 0.862. The lowest BCUT2D eigenvalue weighted by molar-refractivity contribution is -0.165. The fourth-order valence-corrected chi connectivity index (χ4v) is 3.79. The first-order chi connectivity index (χ1) is 16.0. The molecule has 2 fully saturated rings. The zero-order valence-corrected chi connectivity index (χ0v) is 17.8. The van der Waals surface area contributed by atoms with Crippen molar-refractivity contribution in [2.24, 2.45) is 5.73 Å². The van der Waals surface area contributed by atoms with E-state index in [2.05, 4.69) is 10.1 Å². The van der Waals surface area contributed by atoms with Crippen molar-refractivity contribution in [1.29, 1.82) is 0 Å². The first-order valence-corrected chi connectivity index (χ1v) is 10.4. The minimum atomic E-state index is -4.69. The molecule has 9 nitrogen and oxygen atoms in total. The summed E-state index contributed by atoms with van der Waals surface area (Å²) < 4.78 is 74.8. The van der Waals surface area contributed by atoms with Gasteiger partial charge in [-0.1, -0.05) is 6.42 Å². The molecular formula is C20H23F5N4O5. The van der Waals surface area contributed by atoms with Crippen LogP contribution in [-0.2, 0) is 19.1 Å². The second-order valence-electron chi connectivity index (χ2n) is 7.83. The molecule has 0 unspecified atom stereocenters. The molecule has 0 spiro atoms. The fraction of sp³-hybridized carbons (Fsp3) is 0.550. The Bertz CT molecular complexity index is 925. The van der Waals surface area contributed by atoms with Crippen molar-refractivity contribution in [2.75, 3.05) is 36.5 Å². The summed E-state index contributed by atoms with van der Waals surface area (Å²) >= 11 is 0. The molecule has 14 heteroatoms. The standard InChI is InChI=1S/C20H23F5N4O5/c21-19(22)34-14-8-11(4-5-13(14)28-6-7-33-9-15(28)30)27-18(32)16(17(26)31)29(10-20(23,24)25)12-2-1-3-12/h4-5,8,12,16,19H,1-3,6-7,9-10H2,(H2,26,31)(H,27,32)/t16-/m0/s1. The van der Waals surface area contributed by atoms with Gasteiger partial charge in [-0.15, -0.1) is 0 Å². The molecule has 3 amide bonds. The van der Waals surface area contributed by atoms with Crippen molar-refractivity contribution in [3.05, 3.63) is 18.2 Å². The number of hydrogen-bond donors (Lipinski definition) is 2. The van der Waals surface area contributed by atoms with Crippen LogP contribution in [0.15, 0.2) is 18.2 Å². The second kappa shape index (κ2) is 10.5. The highest BCUT2D eigenvalue weighted by Crippen LogP contribution is 2.34. The molecule has 1 aromatic carbocycles. The number of ether oxygens (including phenoxy) is 2. The summed E-state index contributed by atoms with van der Waals surface area (Å²) in [6.45, 7) is -4.81. The molecule has 3 rings (SSSR count). The van der Waals surface area contributed by atoms with Gasteiger partial charge in [-0.25, -0.2) is 0 Å². The monoisotopic (exact) mass is 494 g/mol. The number of benzene rings is 1. The average Bonchev–Trinajstić information content (AvgIpc) is 2.65. The number of anilines is 2. The number of carbonyl (C=O) groups excluding carboxylic acids is 3. The number of alkyl halides is 5. The van der Waals surface area contributed by atoms with Crippen LogP contribution < -0.4 is 20.7 Å². The van der Waals surface area contributed by atoms with E-state index >= 15 is 0 Å². The van der Waals surface area contributed by atoms with Gasteiger partial charge in [-0.3, -0.25) is 19.3 Å². The highest BCUT2D eigenvalue weighted by Gasteiger charge is 2.44. The minimum absolute atomic E-state index is 0.00813. The third kappa shape index (κ3) is 6.32. The van der Waals surface area contributed by atoms with E-state index in [1.807, 2.05) is 0 Å². The van der Waals surface area contributed by atoms with Crippen LogP contribution in [0.1, 0.15) is 19.3 Å². The Morgan fingerprint density at radius 2 is 2.00 bits per heavy atom. The molecule has 34 heavy (non-hydrogen) atoms. The molecule has 0 aromatic heterocycles. The van der Waals surface area contributed by atoms with E-state index in [0.29, 0.717) is 24.2 Å². The molecular weight excluding hydrogens is 471 g/mol. The van der Waals surface area contributed by atoms with Gasteiger partial charge in [0, 0.05) is 24.3 Å². The SMILES string of the molecule is NC(=O)[C@@H](C(=O)Nc1ccc(N2CCOCC2=O)c(OC(F)F)c1)N(CC(F)(F)F)C1CCC1. The van der Waals surface area contributed by atoms with E-state index in [1.165, 1.54) is 17.0 Å². The number of primary amides is 1. The number of hydrogen-bond acceptors (Lipinski definition) is 6. The van der Waals surface area contributed by atoms with E-state index in [1.54, 1.807) is 0 Å². The van der Waals surface area contributed by atoms with Gasteiger partial charge < -0.3 is 25.4 Å². The molecule has 0 bridgehead atoms. The Hall–Kier alpha value is -3.00. The van der Waals surface area contributed by atoms with Gasteiger partial charge in [-0.05, 0) is 25.0 Å². The Kier molecular flexibility index (Phi) is 7.92. The number of halogens is 5. The topological polar surface area (TPSA) is 114 Å². The lowest BCUT2D eigenvalue weighted by atomic mass is 9.90. The zero-order valence-electron chi connectivity index (χ0n) is 17.8. The number of nitrogens with zero attached hydrogens (tertiary/aromatic N) is 2. The van der Waals surface area contributed by atoms with E-state index in [9.17, 15) is 36.3 Å². The zero-order chi connectivity index (χ0) is 25.0. The second-order valence-corrected chi connectivity index (χ2v) is 7.83. The van der Waals surface area contributed by atoms with Gasteiger partial charge in [0.1, 0.15) is 6.61 Å². The molecule has 1 aromatic rings. The lowest BCUT2D eigenvalue weighted by Gasteiger charge is -2.40. The third-order valence-corrected chi connectivity index (χ3v) is 5.48. The smallest absolute Gasteiger partial charge is 0.401 e. The van der Waals surface area contributed by atoms with Crippen molar-refractivity contribution in [3.8, 4) is 5.75 Å². The normalized spacial score (nSPS) is 18.1. The number of morpholine rings is 1. The predicted octanol–water partition coefficient (Wildman–Crippen LogP) is 1.86. The molecule has 0 radical (unpaired) electrons. The van der Waals surface area contributed by atoms with E-state index in [0.717, 1.165) is 6.07 Å². The van der Waals surface area contributed by atoms with Crippen LogP contribution in [-0.4, -0.2) is 73.8 Å². The minimum Gasteiger partial charge on any atom is -0.433 e. The Morgan fingerprint density at radius 3 is 2.53 bits per heavy atom. The van der Waals surface area contributed by atoms with Crippen LogP contribution >= 0.6 is 0 Å². The van der Waals surface area contributed by atoms with E-state index in [-0.39, 0.29) is 31.1 Å². The van der Waals surface area contributed by atoms with Crippen LogP contribution in [0.5, 0.6) is 5.75 Å². The van der Waals surface area contributed by atoms with Crippen molar-refractivity contribution >= 4 is 29.1 Å². The fourth-order valence-electron chi connectivity index (χ4n) is 3.79. The van der Waals surface area contributed by atoms with Crippen LogP contribution in [0.4, 0.5) is 33.3 Å². The van der Waals surface area contributed by atoms with Gasteiger partial charge in [0.2, 0.25) is 5.91 Å². The summed E-state index contributed by atoms with van der Waals surface area (Å²) in [5.41, 5.74) is 5.12. The molecule has 2 aliphatic rings. The summed E-state index contributed by atoms with van der Waals surface area (Å²) in [4.78, 5) is 38.8. The highest BCUT2D eigenvalue weighted by molar-refractivity contribution is 6.10. The summed E-state index contributed by atoms with van der Waals surface area (Å²) in [5, 5.41) is 2.25. The molecule has 1 atom stereocenters. The van der Waals surface area contributed by atoms with Crippen LogP contribution in [0.25, 0.3) is 0 Å². The lowest BCUT2D eigenvalue weighted by Crippen LogP contribution is -2.59. The van der Waals surface area contributed by atoms with Crippen molar-refractivity contribution in [3.63, 3.8) is 0 Å². The Balaban J connectivity index is 1.86. The van der Waals surface area contributed by atoms with Crippen molar-refractivity contribution in [2.45, 2.75) is 44.1 Å². The number of rotatable bonds is 9. The number of amides is 3. The molecule has 1 saturated carbocycles. The molecule has 1 aliphatic heterocycles. The first kappa shape index (κ1) is 25.6. The molecule has 1 aliphatic carbocycles. The highest BCUT2D eigenvalue weighted by atomic mass is 19.4. The molecule has 188 valence electrons. The molecule has 1 saturated heterocycles. The number of nitrogens with two attached hydrogens (primary N) is 1. The maximum Gasteiger partial charge on any atom is 0.401 e. The Morgan fingerprint density at radius 1 is 1.29 bits per heavy atom. The maximum absolute atomic E-state index is 13.1. The third-order valence-electron chi connectivity index (χ3n) is 5.48. The number of carbonyl (C=O) groups is 3. The van der Waals surface area contributed by atoms with Gasteiger partial charge >= 0.3 is 12.8 Å². The van der Waals surface area contributed by atoms with Crippen molar-refractivity contribution in [1.82, 2.24) is 4.90 Å². The van der Waals surface area contributed by atoms with E-state index in [4.69, 9.17) is 10.5 Å². The quantitative estimate of drug-likeness (QED) is 0.400. The van der Waals surface area contributed by atoms with Gasteiger partial charge in [-0.2, -0.15) is 22.0 Å². The molecule has 3 N–H and O–H groups in total. The summed E-state index contributed by atoms with van der Waals surface area (Å²) in [5.74, 6) is -3.39. The maximum atomic E-state index is 13.1. The van der Waals surface area contributed by atoms with Gasteiger partial charge in [0.05, 0.1) is 18.8 Å². The van der Waals surface area contributed by atoms with Gasteiger partial charge in [0.25, 0.3) is 11.8 Å². The average molecular weight is 494 g/mol. The largest absolute Gasteiger partial charge is 0.433 e. The van der Waals surface area contributed by atoms with Crippen molar-refractivity contribution < 1.29 is 45.8 Å². The van der Waals surface area contributed by atoms with Crippen LogP contribution in [0.3, 0.4) is 0 Å². The first-order valence-electron chi connectivity index (χ1n) is 10.4. The Labute approximate surface area is 190 Å². The van der Waals surface area contributed by atoms with E-state index < -0.39 is 54.9 Å². The molecule has 1 heterocycles. The predicted molar refractivity (Wildman–Crippen MR) is 108 cm³/mol. The number of nitrogens with one attached hydrogen (secondary N) is 1.